The van der Waals surface area contributed by atoms with Crippen LogP contribution in [0.1, 0.15) is 26.2 Å². The molecule has 1 atom stereocenters. The van der Waals surface area contributed by atoms with Crippen LogP contribution >= 0.6 is 0 Å². The summed E-state index contributed by atoms with van der Waals surface area (Å²) in [6.07, 6.45) is 2.37. The standard InChI is InChI=1S/C9H19N3O/c1-9(11,6-8(10)13)7-2-4-12-5-3-7/h7,12H,2-6,11H2,1H3,(H2,10,13). The maximum Gasteiger partial charge on any atom is 0.219 e. The van der Waals surface area contributed by atoms with E-state index in [4.69, 9.17) is 11.5 Å². The Kier molecular flexibility index (Phi) is 3.27. The third-order valence-corrected chi connectivity index (χ3v) is 2.83. The van der Waals surface area contributed by atoms with Gasteiger partial charge in [-0.05, 0) is 38.8 Å². The molecule has 0 saturated carbocycles. The Labute approximate surface area is 79.0 Å². The van der Waals surface area contributed by atoms with Gasteiger partial charge in [0.25, 0.3) is 0 Å². The zero-order chi connectivity index (χ0) is 9.90. The third-order valence-electron chi connectivity index (χ3n) is 2.83. The summed E-state index contributed by atoms with van der Waals surface area (Å²) < 4.78 is 0. The number of carbonyl (C=O) groups is 1. The maximum atomic E-state index is 10.8. The molecular formula is C9H19N3O. The number of nitrogens with one attached hydrogen (secondary N) is 1. The van der Waals surface area contributed by atoms with E-state index in [-0.39, 0.29) is 12.3 Å². The molecule has 13 heavy (non-hydrogen) atoms. The van der Waals surface area contributed by atoms with Gasteiger partial charge in [-0.3, -0.25) is 4.79 Å². The third kappa shape index (κ3) is 2.97. The highest BCUT2D eigenvalue weighted by molar-refractivity contribution is 5.75. The molecule has 0 aliphatic carbocycles. The molecule has 1 heterocycles. The van der Waals surface area contributed by atoms with Crippen molar-refractivity contribution in [1.29, 1.82) is 0 Å². The van der Waals surface area contributed by atoms with Crippen LogP contribution in [0.25, 0.3) is 0 Å². The maximum absolute atomic E-state index is 10.8. The van der Waals surface area contributed by atoms with Gasteiger partial charge in [-0.25, -0.2) is 0 Å². The van der Waals surface area contributed by atoms with E-state index in [0.717, 1.165) is 25.9 Å². The topological polar surface area (TPSA) is 81.1 Å². The van der Waals surface area contributed by atoms with E-state index in [1.165, 1.54) is 0 Å². The molecule has 1 aliphatic rings. The van der Waals surface area contributed by atoms with Crippen LogP contribution < -0.4 is 16.8 Å². The number of hydrogen-bond acceptors (Lipinski definition) is 3. The predicted molar refractivity (Wildman–Crippen MR) is 52.0 cm³/mol. The SMILES string of the molecule is CC(N)(CC(N)=O)C1CCNCC1. The highest BCUT2D eigenvalue weighted by Crippen LogP contribution is 2.26. The summed E-state index contributed by atoms with van der Waals surface area (Å²) in [5.41, 5.74) is 10.8. The van der Waals surface area contributed by atoms with Gasteiger partial charge < -0.3 is 16.8 Å². The average molecular weight is 185 g/mol. The van der Waals surface area contributed by atoms with Gasteiger partial charge in [0, 0.05) is 12.0 Å². The van der Waals surface area contributed by atoms with E-state index in [1.54, 1.807) is 0 Å². The molecule has 0 bridgehead atoms. The van der Waals surface area contributed by atoms with Gasteiger partial charge in [0.1, 0.15) is 0 Å². The van der Waals surface area contributed by atoms with Crippen LogP contribution in [0.5, 0.6) is 0 Å². The first-order valence-electron chi connectivity index (χ1n) is 4.80. The van der Waals surface area contributed by atoms with Crippen LogP contribution in [-0.4, -0.2) is 24.5 Å². The molecule has 1 rings (SSSR count). The minimum absolute atomic E-state index is 0.289. The molecule has 1 fully saturated rings. The quantitative estimate of drug-likeness (QED) is 0.558. The molecule has 0 aromatic carbocycles. The Morgan fingerprint density at radius 3 is 2.54 bits per heavy atom. The van der Waals surface area contributed by atoms with Gasteiger partial charge in [0.2, 0.25) is 5.91 Å². The number of nitrogens with two attached hydrogens (primary N) is 2. The Morgan fingerprint density at radius 2 is 2.08 bits per heavy atom. The molecule has 0 spiro atoms. The number of primary amides is 1. The van der Waals surface area contributed by atoms with Crippen molar-refractivity contribution in [2.24, 2.45) is 17.4 Å². The summed E-state index contributed by atoms with van der Waals surface area (Å²) in [7, 11) is 0. The molecule has 76 valence electrons. The molecule has 0 aromatic rings. The number of hydrogen-bond donors (Lipinski definition) is 3. The fourth-order valence-corrected chi connectivity index (χ4v) is 2.00. The highest BCUT2D eigenvalue weighted by Gasteiger charge is 2.32. The van der Waals surface area contributed by atoms with E-state index in [9.17, 15) is 4.79 Å². The number of carbonyl (C=O) groups excluding carboxylic acids is 1. The summed E-state index contributed by atoms with van der Waals surface area (Å²) in [5.74, 6) is 0.116. The Balaban J connectivity index is 2.50. The van der Waals surface area contributed by atoms with Crippen molar-refractivity contribution in [1.82, 2.24) is 5.32 Å². The summed E-state index contributed by atoms with van der Waals surface area (Å²) in [5, 5.41) is 3.27. The molecule has 5 N–H and O–H groups in total. The van der Waals surface area contributed by atoms with Gasteiger partial charge in [-0.15, -0.1) is 0 Å². The van der Waals surface area contributed by atoms with E-state index in [2.05, 4.69) is 5.32 Å². The predicted octanol–water partition coefficient (Wildman–Crippen LogP) is -0.421. The van der Waals surface area contributed by atoms with Crippen molar-refractivity contribution in [2.45, 2.75) is 31.7 Å². The van der Waals surface area contributed by atoms with Crippen molar-refractivity contribution in [3.8, 4) is 0 Å². The number of piperidine rings is 1. The molecule has 1 amide bonds. The summed E-state index contributed by atoms with van der Waals surface area (Å²) >= 11 is 0. The lowest BCUT2D eigenvalue weighted by Crippen LogP contribution is -2.50. The van der Waals surface area contributed by atoms with Gasteiger partial charge in [0.05, 0.1) is 0 Å². The highest BCUT2D eigenvalue weighted by atomic mass is 16.1. The molecular weight excluding hydrogens is 166 g/mol. The van der Waals surface area contributed by atoms with Crippen molar-refractivity contribution >= 4 is 5.91 Å². The number of rotatable bonds is 3. The van der Waals surface area contributed by atoms with E-state index >= 15 is 0 Å². The molecule has 1 unspecified atom stereocenters. The largest absolute Gasteiger partial charge is 0.370 e. The van der Waals surface area contributed by atoms with E-state index in [1.807, 2.05) is 6.92 Å². The minimum atomic E-state index is -0.423. The molecule has 4 heteroatoms. The monoisotopic (exact) mass is 185 g/mol. The Morgan fingerprint density at radius 1 is 1.54 bits per heavy atom. The van der Waals surface area contributed by atoms with E-state index < -0.39 is 5.54 Å². The van der Waals surface area contributed by atoms with E-state index in [0.29, 0.717) is 5.92 Å². The second kappa shape index (κ2) is 4.07. The van der Waals surface area contributed by atoms with Gasteiger partial charge in [0.15, 0.2) is 0 Å². The van der Waals surface area contributed by atoms with Crippen molar-refractivity contribution in [2.75, 3.05) is 13.1 Å². The van der Waals surface area contributed by atoms with Crippen molar-refractivity contribution in [3.63, 3.8) is 0 Å². The molecule has 4 nitrogen and oxygen atoms in total. The Bertz CT molecular complexity index is 185. The number of amides is 1. The molecule has 0 radical (unpaired) electrons. The van der Waals surface area contributed by atoms with Crippen LogP contribution in [0, 0.1) is 5.92 Å². The first-order valence-corrected chi connectivity index (χ1v) is 4.80. The lowest BCUT2D eigenvalue weighted by Gasteiger charge is -2.36. The Hall–Kier alpha value is -0.610. The second-order valence-electron chi connectivity index (χ2n) is 4.17. The fraction of sp³-hybridized carbons (Fsp3) is 0.889. The van der Waals surface area contributed by atoms with Crippen LogP contribution in [0.15, 0.2) is 0 Å². The van der Waals surface area contributed by atoms with Gasteiger partial charge >= 0.3 is 0 Å². The lowest BCUT2D eigenvalue weighted by atomic mass is 9.78. The fourth-order valence-electron chi connectivity index (χ4n) is 2.00. The molecule has 1 saturated heterocycles. The van der Waals surface area contributed by atoms with Crippen molar-refractivity contribution in [3.05, 3.63) is 0 Å². The molecule has 0 aromatic heterocycles. The second-order valence-corrected chi connectivity index (χ2v) is 4.17. The minimum Gasteiger partial charge on any atom is -0.370 e. The first kappa shape index (κ1) is 10.5. The summed E-state index contributed by atoms with van der Waals surface area (Å²) in [6.45, 7) is 3.92. The zero-order valence-corrected chi connectivity index (χ0v) is 8.18. The van der Waals surface area contributed by atoms with Crippen LogP contribution in [0.3, 0.4) is 0 Å². The zero-order valence-electron chi connectivity index (χ0n) is 8.18. The van der Waals surface area contributed by atoms with Crippen LogP contribution in [0.2, 0.25) is 0 Å². The van der Waals surface area contributed by atoms with Crippen molar-refractivity contribution < 1.29 is 4.79 Å². The summed E-state index contributed by atoms with van der Waals surface area (Å²) in [4.78, 5) is 10.8. The lowest BCUT2D eigenvalue weighted by molar-refractivity contribution is -0.119. The van der Waals surface area contributed by atoms with Gasteiger partial charge in [-0.2, -0.15) is 0 Å². The first-order chi connectivity index (χ1) is 6.02. The summed E-state index contributed by atoms with van der Waals surface area (Å²) in [6, 6.07) is 0. The smallest absolute Gasteiger partial charge is 0.219 e. The van der Waals surface area contributed by atoms with Crippen LogP contribution in [0.4, 0.5) is 0 Å². The van der Waals surface area contributed by atoms with Gasteiger partial charge in [-0.1, -0.05) is 0 Å². The normalized spacial score (nSPS) is 23.8. The van der Waals surface area contributed by atoms with Crippen LogP contribution in [-0.2, 0) is 4.79 Å². The molecule has 1 aliphatic heterocycles. The average Bonchev–Trinajstić information content (AvgIpc) is 2.04.